The van der Waals surface area contributed by atoms with Gasteiger partial charge in [0.1, 0.15) is 5.84 Å². The largest absolute Gasteiger partial charge is 0.481 e. The van der Waals surface area contributed by atoms with Crippen LogP contribution in [0.4, 0.5) is 5.69 Å². The molecule has 0 aromatic heterocycles. The molecule has 2 aromatic carbocycles. The highest BCUT2D eigenvalue weighted by molar-refractivity contribution is 5.96. The molecule has 0 unspecified atom stereocenters. The van der Waals surface area contributed by atoms with E-state index in [4.69, 9.17) is 20.6 Å². The lowest BCUT2D eigenvalue weighted by Crippen LogP contribution is -2.30. The van der Waals surface area contributed by atoms with Gasteiger partial charge in [-0.05, 0) is 42.0 Å². The normalized spacial score (nSPS) is 12.6. The first kappa shape index (κ1) is 21.6. The van der Waals surface area contributed by atoms with Crippen molar-refractivity contribution in [2.45, 2.75) is 25.3 Å². The maximum atomic E-state index is 12.3. The Morgan fingerprint density at radius 2 is 1.71 bits per heavy atom. The summed E-state index contributed by atoms with van der Waals surface area (Å²) in [7, 11) is 0. The first-order valence-electron chi connectivity index (χ1n) is 9.47. The van der Waals surface area contributed by atoms with E-state index in [2.05, 4.69) is 10.6 Å². The van der Waals surface area contributed by atoms with Gasteiger partial charge < -0.3 is 30.9 Å². The lowest BCUT2D eigenvalue weighted by Gasteiger charge is -2.18. The molecular weight excluding hydrogens is 404 g/mol. The van der Waals surface area contributed by atoms with E-state index in [1.54, 1.807) is 42.5 Å². The van der Waals surface area contributed by atoms with Gasteiger partial charge in [-0.15, -0.1) is 0 Å². The minimum absolute atomic E-state index is 0.0760. The fourth-order valence-corrected chi connectivity index (χ4v) is 3.01. The molecule has 6 N–H and O–H groups in total. The molecule has 0 fully saturated rings. The fourth-order valence-electron chi connectivity index (χ4n) is 3.01. The second-order valence-electron chi connectivity index (χ2n) is 6.87. The fraction of sp³-hybridized carbons (Fsp3) is 0.238. The highest BCUT2D eigenvalue weighted by atomic mass is 16.7. The third kappa shape index (κ3) is 5.95. The molecule has 3 rings (SSSR count). The summed E-state index contributed by atoms with van der Waals surface area (Å²) in [5.74, 6) is -0.938. The predicted molar refractivity (Wildman–Crippen MR) is 111 cm³/mol. The van der Waals surface area contributed by atoms with Crippen LogP contribution in [0.1, 0.15) is 36.4 Å². The summed E-state index contributed by atoms with van der Waals surface area (Å²) in [6, 6.07) is 10.6. The minimum Gasteiger partial charge on any atom is -0.481 e. The number of nitrogens with two attached hydrogens (primary N) is 1. The summed E-state index contributed by atoms with van der Waals surface area (Å²) in [6.07, 6.45) is -0.515. The summed E-state index contributed by atoms with van der Waals surface area (Å²) >= 11 is 0. The molecule has 0 radical (unpaired) electrons. The van der Waals surface area contributed by atoms with Crippen LogP contribution in [0.3, 0.4) is 0 Å². The number of hydrogen-bond acceptors (Lipinski definition) is 6. The van der Waals surface area contributed by atoms with E-state index in [-0.39, 0.29) is 37.8 Å². The van der Waals surface area contributed by atoms with Gasteiger partial charge in [-0.1, -0.05) is 6.07 Å². The van der Waals surface area contributed by atoms with Crippen molar-refractivity contribution >= 4 is 29.3 Å². The number of carbonyl (C=O) groups is 3. The lowest BCUT2D eigenvalue weighted by atomic mass is 10.0. The molecule has 0 spiro atoms. The number of rotatable bonds is 9. The van der Waals surface area contributed by atoms with Crippen LogP contribution in [0.2, 0.25) is 0 Å². The second-order valence-corrected chi connectivity index (χ2v) is 6.87. The van der Waals surface area contributed by atoms with Crippen molar-refractivity contribution in [3.63, 3.8) is 0 Å². The molecule has 0 saturated heterocycles. The zero-order chi connectivity index (χ0) is 22.4. The topological polar surface area (TPSA) is 164 Å². The standard InChI is InChI=1S/C21H22N4O6/c22-21(23)12-1-4-14(5-2-12)24-18(26)7-8-19(27)25-15(10-20(28)29)13-3-6-16-17(9-13)31-11-30-16/h1-6,9,15H,7-8,10-11H2,(H3,22,23)(H,24,26)(H,25,27)(H,28,29)/t15-/m0/s1. The number of fused-ring (bicyclic) bond motifs is 1. The molecule has 1 heterocycles. The Kier molecular flexibility index (Phi) is 6.71. The number of anilines is 1. The summed E-state index contributed by atoms with van der Waals surface area (Å²) in [5.41, 5.74) is 7.00. The number of benzene rings is 2. The monoisotopic (exact) mass is 426 g/mol. The third-order valence-corrected chi connectivity index (χ3v) is 4.57. The van der Waals surface area contributed by atoms with Crippen LogP contribution in [0, 0.1) is 5.41 Å². The minimum atomic E-state index is -1.07. The van der Waals surface area contributed by atoms with Crippen LogP contribution in [0.5, 0.6) is 11.5 Å². The van der Waals surface area contributed by atoms with Crippen LogP contribution in [-0.2, 0) is 14.4 Å². The van der Waals surface area contributed by atoms with Crippen LogP contribution in [0.25, 0.3) is 0 Å². The van der Waals surface area contributed by atoms with Gasteiger partial charge in [0.15, 0.2) is 11.5 Å². The zero-order valence-electron chi connectivity index (χ0n) is 16.5. The summed E-state index contributed by atoms with van der Waals surface area (Å²) in [5, 5.41) is 21.9. The van der Waals surface area contributed by atoms with E-state index in [0.717, 1.165) is 0 Å². The second kappa shape index (κ2) is 9.61. The van der Waals surface area contributed by atoms with Gasteiger partial charge in [0.25, 0.3) is 0 Å². The van der Waals surface area contributed by atoms with Crippen molar-refractivity contribution in [3.05, 3.63) is 53.6 Å². The Bertz CT molecular complexity index is 1010. The van der Waals surface area contributed by atoms with Crippen molar-refractivity contribution < 1.29 is 29.0 Å². The summed E-state index contributed by atoms with van der Waals surface area (Å²) in [6.45, 7) is 0.0847. The molecule has 0 saturated carbocycles. The Balaban J connectivity index is 1.55. The molecule has 0 aliphatic carbocycles. The van der Waals surface area contributed by atoms with E-state index in [0.29, 0.717) is 28.3 Å². The van der Waals surface area contributed by atoms with Crippen LogP contribution < -0.4 is 25.8 Å². The summed E-state index contributed by atoms with van der Waals surface area (Å²) < 4.78 is 10.5. The number of carbonyl (C=O) groups excluding carboxylic acids is 2. The maximum Gasteiger partial charge on any atom is 0.305 e. The average molecular weight is 426 g/mol. The molecule has 10 nitrogen and oxygen atoms in total. The number of aliphatic carboxylic acids is 1. The molecule has 0 bridgehead atoms. The third-order valence-electron chi connectivity index (χ3n) is 4.57. The van der Waals surface area contributed by atoms with Gasteiger partial charge in [0.2, 0.25) is 18.6 Å². The number of carboxylic acids is 1. The number of hydrogen-bond donors (Lipinski definition) is 5. The van der Waals surface area contributed by atoms with Gasteiger partial charge in [-0.2, -0.15) is 0 Å². The van der Waals surface area contributed by atoms with E-state index >= 15 is 0 Å². The van der Waals surface area contributed by atoms with Gasteiger partial charge in [-0.25, -0.2) is 0 Å². The van der Waals surface area contributed by atoms with E-state index in [1.165, 1.54) is 0 Å². The first-order chi connectivity index (χ1) is 14.8. The zero-order valence-corrected chi connectivity index (χ0v) is 16.5. The highest BCUT2D eigenvalue weighted by Gasteiger charge is 2.22. The SMILES string of the molecule is N=C(N)c1ccc(NC(=O)CCC(=O)N[C@@H](CC(=O)O)c2ccc3c(c2)OCO3)cc1. The van der Waals surface area contributed by atoms with Crippen molar-refractivity contribution in [2.24, 2.45) is 5.73 Å². The predicted octanol–water partition coefficient (Wildman–Crippen LogP) is 1.75. The van der Waals surface area contributed by atoms with Gasteiger partial charge in [0.05, 0.1) is 12.5 Å². The number of amidine groups is 1. The Hall–Kier alpha value is -4.08. The summed E-state index contributed by atoms with van der Waals surface area (Å²) in [4.78, 5) is 35.7. The van der Waals surface area contributed by atoms with Crippen molar-refractivity contribution in [2.75, 3.05) is 12.1 Å². The smallest absolute Gasteiger partial charge is 0.305 e. The van der Waals surface area contributed by atoms with E-state index in [9.17, 15) is 19.5 Å². The number of nitrogens with one attached hydrogen (secondary N) is 3. The van der Waals surface area contributed by atoms with E-state index < -0.39 is 17.9 Å². The van der Waals surface area contributed by atoms with Gasteiger partial charge >= 0.3 is 5.97 Å². The molecule has 2 amide bonds. The lowest BCUT2D eigenvalue weighted by molar-refractivity contribution is -0.138. The van der Waals surface area contributed by atoms with Crippen LogP contribution in [0.15, 0.2) is 42.5 Å². The average Bonchev–Trinajstić information content (AvgIpc) is 3.20. The highest BCUT2D eigenvalue weighted by Crippen LogP contribution is 2.34. The van der Waals surface area contributed by atoms with Gasteiger partial charge in [0, 0.05) is 24.1 Å². The quantitative estimate of drug-likeness (QED) is 0.301. The van der Waals surface area contributed by atoms with Crippen molar-refractivity contribution in [1.82, 2.24) is 5.32 Å². The molecule has 1 aliphatic rings. The molecule has 1 aliphatic heterocycles. The molecule has 10 heteroatoms. The Morgan fingerprint density at radius 1 is 1.03 bits per heavy atom. The molecule has 162 valence electrons. The first-order valence-corrected chi connectivity index (χ1v) is 9.47. The molecule has 2 aromatic rings. The van der Waals surface area contributed by atoms with Crippen LogP contribution >= 0.6 is 0 Å². The number of carboxylic acid groups (broad SMARTS) is 1. The Morgan fingerprint density at radius 3 is 2.39 bits per heavy atom. The maximum absolute atomic E-state index is 12.3. The van der Waals surface area contributed by atoms with Crippen molar-refractivity contribution in [3.8, 4) is 11.5 Å². The molecular formula is C21H22N4O6. The number of ether oxygens (including phenoxy) is 2. The Labute approximate surface area is 177 Å². The van der Waals surface area contributed by atoms with Crippen LogP contribution in [-0.4, -0.2) is 35.5 Å². The number of nitrogen functional groups attached to an aromatic ring is 1. The van der Waals surface area contributed by atoms with E-state index in [1.807, 2.05) is 0 Å². The van der Waals surface area contributed by atoms with Gasteiger partial charge in [-0.3, -0.25) is 19.8 Å². The number of amides is 2. The molecule has 1 atom stereocenters. The molecule has 31 heavy (non-hydrogen) atoms. The van der Waals surface area contributed by atoms with Crippen molar-refractivity contribution in [1.29, 1.82) is 5.41 Å².